The fourth-order valence-corrected chi connectivity index (χ4v) is 2.45. The van der Waals surface area contributed by atoms with Crippen LogP contribution in [0.3, 0.4) is 0 Å². The normalized spacial score (nSPS) is 13.8. The van der Waals surface area contributed by atoms with Gasteiger partial charge in [-0.1, -0.05) is 12.1 Å². The molecule has 1 aliphatic heterocycles. The van der Waals surface area contributed by atoms with Crippen molar-refractivity contribution >= 4 is 11.5 Å². The monoisotopic (exact) mass is 281 g/mol. The van der Waals surface area contributed by atoms with Crippen molar-refractivity contribution in [3.63, 3.8) is 0 Å². The molecule has 3 rings (SSSR count). The molecule has 0 spiro atoms. The molecule has 0 unspecified atom stereocenters. The van der Waals surface area contributed by atoms with Crippen LogP contribution in [-0.2, 0) is 6.61 Å². The molecule has 0 bridgehead atoms. The molecule has 3 N–H and O–H groups in total. The minimum absolute atomic E-state index is 0.0102. The van der Waals surface area contributed by atoms with Gasteiger partial charge in [-0.05, 0) is 23.3 Å². The maximum Gasteiger partial charge on any atom is 0.184 e. The zero-order valence-corrected chi connectivity index (χ0v) is 11.4. The molecule has 2 aromatic rings. The van der Waals surface area contributed by atoms with Crippen LogP contribution in [0.1, 0.15) is 21.5 Å². The number of aliphatic hydroxyl groups is 1. The van der Waals surface area contributed by atoms with Gasteiger partial charge in [0.25, 0.3) is 0 Å². The van der Waals surface area contributed by atoms with E-state index >= 15 is 0 Å². The molecule has 2 heterocycles. The lowest BCUT2D eigenvalue weighted by molar-refractivity contribution is 0.1000. The van der Waals surface area contributed by atoms with Crippen LogP contribution >= 0.6 is 0 Å². The van der Waals surface area contributed by atoms with Gasteiger partial charge in [0.15, 0.2) is 5.78 Å². The average Bonchev–Trinajstić information content (AvgIpc) is 2.55. The van der Waals surface area contributed by atoms with E-state index in [1.165, 1.54) is 0 Å². The summed E-state index contributed by atoms with van der Waals surface area (Å²) in [5.41, 5.74) is 10.5. The van der Waals surface area contributed by atoms with E-state index in [-0.39, 0.29) is 18.9 Å². The van der Waals surface area contributed by atoms with Crippen molar-refractivity contribution in [2.45, 2.75) is 6.61 Å². The number of aliphatic hydroxyl groups excluding tert-OH is 1. The second-order valence-corrected chi connectivity index (χ2v) is 4.89. The van der Waals surface area contributed by atoms with Crippen LogP contribution in [-0.4, -0.2) is 34.7 Å². The van der Waals surface area contributed by atoms with Crippen molar-refractivity contribution in [2.75, 3.05) is 13.1 Å². The first-order chi connectivity index (χ1) is 10.2. The number of hydrogen-bond donors (Lipinski definition) is 2. The van der Waals surface area contributed by atoms with Crippen molar-refractivity contribution in [3.05, 3.63) is 53.3 Å². The SMILES string of the molecule is NCC1=NCC(=O)c2ccc(-c3cncc(CO)c3)cc21. The number of ketones is 1. The van der Waals surface area contributed by atoms with Crippen molar-refractivity contribution < 1.29 is 9.90 Å². The number of nitrogens with two attached hydrogens (primary N) is 1. The lowest BCUT2D eigenvalue weighted by Crippen LogP contribution is -2.24. The lowest BCUT2D eigenvalue weighted by atomic mass is 9.92. The number of rotatable bonds is 3. The summed E-state index contributed by atoms with van der Waals surface area (Å²) in [5, 5.41) is 9.20. The highest BCUT2D eigenvalue weighted by Crippen LogP contribution is 2.25. The van der Waals surface area contributed by atoms with Gasteiger partial charge >= 0.3 is 0 Å². The molecule has 5 nitrogen and oxygen atoms in total. The number of hydrogen-bond acceptors (Lipinski definition) is 5. The van der Waals surface area contributed by atoms with E-state index in [9.17, 15) is 9.90 Å². The van der Waals surface area contributed by atoms with Crippen LogP contribution in [0.2, 0.25) is 0 Å². The van der Waals surface area contributed by atoms with Gasteiger partial charge in [0.1, 0.15) is 6.54 Å². The van der Waals surface area contributed by atoms with Crippen LogP contribution in [0, 0.1) is 0 Å². The van der Waals surface area contributed by atoms with Crippen molar-refractivity contribution in [3.8, 4) is 11.1 Å². The molecule has 1 aliphatic rings. The van der Waals surface area contributed by atoms with E-state index in [4.69, 9.17) is 5.73 Å². The molecule has 0 radical (unpaired) electrons. The number of pyridine rings is 1. The number of nitrogens with zero attached hydrogens (tertiary/aromatic N) is 2. The topological polar surface area (TPSA) is 88.6 Å². The van der Waals surface area contributed by atoms with E-state index in [1.807, 2.05) is 24.3 Å². The third-order valence-corrected chi connectivity index (χ3v) is 3.55. The number of carbonyl (C=O) groups excluding carboxylic acids is 1. The first kappa shape index (κ1) is 13.6. The summed E-state index contributed by atoms with van der Waals surface area (Å²) in [6.45, 7) is 0.416. The summed E-state index contributed by atoms with van der Waals surface area (Å²) in [7, 11) is 0. The molecule has 0 saturated heterocycles. The molecule has 0 aliphatic carbocycles. The Bertz CT molecular complexity index is 738. The van der Waals surface area contributed by atoms with Gasteiger partial charge in [-0.3, -0.25) is 14.8 Å². The first-order valence-corrected chi connectivity index (χ1v) is 6.69. The maximum atomic E-state index is 11.9. The fraction of sp³-hybridized carbons (Fsp3) is 0.188. The van der Waals surface area contributed by atoms with Crippen LogP contribution in [0.25, 0.3) is 11.1 Å². The Morgan fingerprint density at radius 3 is 2.76 bits per heavy atom. The molecular weight excluding hydrogens is 266 g/mol. The molecule has 1 aromatic carbocycles. The summed E-state index contributed by atoms with van der Waals surface area (Å²) in [6, 6.07) is 7.48. The van der Waals surface area contributed by atoms with Gasteiger partial charge < -0.3 is 10.8 Å². The third kappa shape index (κ3) is 2.49. The van der Waals surface area contributed by atoms with Crippen LogP contribution < -0.4 is 5.73 Å². The Balaban J connectivity index is 2.10. The van der Waals surface area contributed by atoms with Crippen LogP contribution in [0.15, 0.2) is 41.7 Å². The Hall–Kier alpha value is -2.37. The standard InChI is InChI=1S/C16H15N3O2/c17-5-15-14-4-11(1-2-13(14)16(21)8-19-15)12-3-10(9-20)6-18-7-12/h1-4,6-7,20H,5,8-9,17H2. The highest BCUT2D eigenvalue weighted by Gasteiger charge is 2.20. The second kappa shape index (κ2) is 5.55. The summed E-state index contributed by atoms with van der Waals surface area (Å²) >= 11 is 0. The maximum absolute atomic E-state index is 11.9. The Labute approximate surface area is 122 Å². The molecule has 0 saturated carbocycles. The molecule has 21 heavy (non-hydrogen) atoms. The summed E-state index contributed by atoms with van der Waals surface area (Å²) in [6.07, 6.45) is 3.35. The van der Waals surface area contributed by atoms with Gasteiger partial charge in [-0.25, -0.2) is 0 Å². The minimum Gasteiger partial charge on any atom is -0.392 e. The summed E-state index contributed by atoms with van der Waals surface area (Å²) in [4.78, 5) is 20.2. The Morgan fingerprint density at radius 1 is 1.14 bits per heavy atom. The van der Waals surface area contributed by atoms with Crippen molar-refractivity contribution in [1.29, 1.82) is 0 Å². The molecule has 0 amide bonds. The van der Waals surface area contributed by atoms with E-state index in [0.29, 0.717) is 12.1 Å². The Morgan fingerprint density at radius 2 is 2.00 bits per heavy atom. The van der Waals surface area contributed by atoms with Crippen LogP contribution in [0.4, 0.5) is 0 Å². The second-order valence-electron chi connectivity index (χ2n) is 4.89. The Kier molecular flexibility index (Phi) is 3.60. The number of benzene rings is 1. The quantitative estimate of drug-likeness (QED) is 0.884. The number of aromatic nitrogens is 1. The highest BCUT2D eigenvalue weighted by molar-refractivity contribution is 6.16. The number of carbonyl (C=O) groups is 1. The molecule has 0 fully saturated rings. The molecule has 1 aromatic heterocycles. The van der Waals surface area contributed by atoms with Crippen molar-refractivity contribution in [1.82, 2.24) is 4.98 Å². The fourth-order valence-electron chi connectivity index (χ4n) is 2.45. The molecule has 0 atom stereocenters. The number of Topliss-reactive ketones (excluding diaryl/α,β-unsaturated/α-hetero) is 1. The highest BCUT2D eigenvalue weighted by atomic mass is 16.3. The summed E-state index contributed by atoms with van der Waals surface area (Å²) in [5.74, 6) is 0.0102. The third-order valence-electron chi connectivity index (χ3n) is 3.55. The molecular formula is C16H15N3O2. The van der Waals surface area contributed by atoms with Crippen molar-refractivity contribution in [2.24, 2.45) is 10.7 Å². The molecule has 106 valence electrons. The smallest absolute Gasteiger partial charge is 0.184 e. The van der Waals surface area contributed by atoms with E-state index in [2.05, 4.69) is 9.98 Å². The van der Waals surface area contributed by atoms with Gasteiger partial charge in [0.2, 0.25) is 0 Å². The van der Waals surface area contributed by atoms with E-state index in [0.717, 1.165) is 28.0 Å². The lowest BCUT2D eigenvalue weighted by Gasteiger charge is -2.16. The van der Waals surface area contributed by atoms with Crippen LogP contribution in [0.5, 0.6) is 0 Å². The van der Waals surface area contributed by atoms with Gasteiger partial charge in [-0.2, -0.15) is 0 Å². The van der Waals surface area contributed by atoms with Gasteiger partial charge in [0.05, 0.1) is 12.3 Å². The number of fused-ring (bicyclic) bond motifs is 1. The van der Waals surface area contributed by atoms with Gasteiger partial charge in [-0.15, -0.1) is 0 Å². The first-order valence-electron chi connectivity index (χ1n) is 6.69. The largest absolute Gasteiger partial charge is 0.392 e. The van der Waals surface area contributed by atoms with Gasteiger partial charge in [0, 0.05) is 35.6 Å². The minimum atomic E-state index is -0.0558. The zero-order chi connectivity index (χ0) is 14.8. The zero-order valence-electron chi connectivity index (χ0n) is 11.4. The summed E-state index contributed by atoms with van der Waals surface area (Å²) < 4.78 is 0. The number of aliphatic imine (C=N–C) groups is 1. The average molecular weight is 281 g/mol. The predicted molar refractivity (Wildman–Crippen MR) is 80.4 cm³/mol. The van der Waals surface area contributed by atoms with E-state index < -0.39 is 0 Å². The predicted octanol–water partition coefficient (Wildman–Crippen LogP) is 1.18. The van der Waals surface area contributed by atoms with E-state index in [1.54, 1.807) is 12.4 Å². The molecule has 5 heteroatoms.